The summed E-state index contributed by atoms with van der Waals surface area (Å²) in [4.78, 5) is 8.74. The highest BCUT2D eigenvalue weighted by atomic mass is 32.1. The van der Waals surface area contributed by atoms with Gasteiger partial charge in [0.05, 0.1) is 10.2 Å². The molecule has 0 aliphatic heterocycles. The van der Waals surface area contributed by atoms with Gasteiger partial charge < -0.3 is 0 Å². The zero-order valence-corrected chi connectivity index (χ0v) is 9.66. The smallest absolute Gasteiger partial charge is 0.124 e. The van der Waals surface area contributed by atoms with Crippen molar-refractivity contribution in [3.8, 4) is 10.6 Å². The van der Waals surface area contributed by atoms with Crippen molar-refractivity contribution in [1.82, 2.24) is 9.97 Å². The van der Waals surface area contributed by atoms with E-state index in [0.29, 0.717) is 0 Å². The summed E-state index contributed by atoms with van der Waals surface area (Å²) < 4.78 is 1.14. The highest BCUT2D eigenvalue weighted by molar-refractivity contribution is 7.21. The Hall–Kier alpha value is -1.74. The summed E-state index contributed by atoms with van der Waals surface area (Å²) in [6.45, 7) is 2.11. The zero-order chi connectivity index (χ0) is 11.0. The minimum absolute atomic E-state index is 1.03. The quantitative estimate of drug-likeness (QED) is 0.632. The Kier molecular flexibility index (Phi) is 2.18. The van der Waals surface area contributed by atoms with Gasteiger partial charge in [0.1, 0.15) is 5.01 Å². The van der Waals surface area contributed by atoms with Crippen molar-refractivity contribution >= 4 is 21.6 Å². The lowest BCUT2D eigenvalue weighted by Crippen LogP contribution is -1.80. The van der Waals surface area contributed by atoms with E-state index in [1.54, 1.807) is 17.5 Å². The fourth-order valence-electron chi connectivity index (χ4n) is 1.71. The van der Waals surface area contributed by atoms with Crippen LogP contribution in [0.3, 0.4) is 0 Å². The number of pyridine rings is 1. The van der Waals surface area contributed by atoms with Gasteiger partial charge in [0, 0.05) is 18.0 Å². The first-order valence-electron chi connectivity index (χ1n) is 5.11. The molecule has 3 heteroatoms. The summed E-state index contributed by atoms with van der Waals surface area (Å²) in [5.74, 6) is 0. The van der Waals surface area contributed by atoms with Gasteiger partial charge in [0.25, 0.3) is 0 Å². The number of aromatic nitrogens is 2. The number of hydrogen-bond donors (Lipinski definition) is 0. The van der Waals surface area contributed by atoms with Gasteiger partial charge in [-0.2, -0.15) is 0 Å². The van der Waals surface area contributed by atoms with Crippen molar-refractivity contribution in [2.45, 2.75) is 6.92 Å². The van der Waals surface area contributed by atoms with Crippen LogP contribution in [0.1, 0.15) is 5.56 Å². The van der Waals surface area contributed by atoms with Crippen LogP contribution in [0.5, 0.6) is 0 Å². The van der Waals surface area contributed by atoms with Crippen LogP contribution in [0, 0.1) is 6.92 Å². The van der Waals surface area contributed by atoms with E-state index in [4.69, 9.17) is 0 Å². The molecule has 0 amide bonds. The maximum atomic E-state index is 4.62. The molecule has 3 aromatic rings. The van der Waals surface area contributed by atoms with Crippen molar-refractivity contribution in [1.29, 1.82) is 0 Å². The molecule has 0 saturated carbocycles. The third kappa shape index (κ3) is 1.49. The van der Waals surface area contributed by atoms with Crippen molar-refractivity contribution in [2.24, 2.45) is 0 Å². The number of nitrogens with zero attached hydrogens (tertiary/aromatic N) is 2. The average Bonchev–Trinajstić information content (AvgIpc) is 2.73. The van der Waals surface area contributed by atoms with E-state index in [1.807, 2.05) is 24.4 Å². The molecule has 0 bridgehead atoms. The Bertz CT molecular complexity index is 610. The van der Waals surface area contributed by atoms with Crippen molar-refractivity contribution in [2.75, 3.05) is 0 Å². The Morgan fingerprint density at radius 3 is 2.81 bits per heavy atom. The second-order valence-corrected chi connectivity index (χ2v) is 4.71. The predicted molar refractivity (Wildman–Crippen MR) is 67.6 cm³/mol. The fourth-order valence-corrected chi connectivity index (χ4v) is 2.73. The van der Waals surface area contributed by atoms with Gasteiger partial charge in [-0.1, -0.05) is 24.3 Å². The topological polar surface area (TPSA) is 25.8 Å². The summed E-state index contributed by atoms with van der Waals surface area (Å²) in [7, 11) is 0. The largest absolute Gasteiger partial charge is 0.263 e. The van der Waals surface area contributed by atoms with E-state index >= 15 is 0 Å². The maximum Gasteiger partial charge on any atom is 0.124 e. The van der Waals surface area contributed by atoms with E-state index in [2.05, 4.69) is 29.0 Å². The summed E-state index contributed by atoms with van der Waals surface area (Å²) in [5.41, 5.74) is 3.50. The Balaban J connectivity index is 2.23. The standard InChI is InChI=1S/C13H10N2S/c1-9-4-2-3-5-10(9)13-15-11-6-7-14-8-12(11)16-13/h2-8H,1H3. The molecule has 0 spiro atoms. The number of thiazole rings is 1. The van der Waals surface area contributed by atoms with E-state index in [9.17, 15) is 0 Å². The molecule has 0 saturated heterocycles. The minimum Gasteiger partial charge on any atom is -0.263 e. The van der Waals surface area contributed by atoms with Crippen molar-refractivity contribution in [3.63, 3.8) is 0 Å². The van der Waals surface area contributed by atoms with Crippen LogP contribution in [-0.2, 0) is 0 Å². The van der Waals surface area contributed by atoms with Crippen LogP contribution < -0.4 is 0 Å². The molecule has 0 fully saturated rings. The molecule has 2 heterocycles. The lowest BCUT2D eigenvalue weighted by Gasteiger charge is -1.99. The van der Waals surface area contributed by atoms with Gasteiger partial charge >= 0.3 is 0 Å². The minimum atomic E-state index is 1.03. The molecule has 0 aliphatic carbocycles. The van der Waals surface area contributed by atoms with Crippen LogP contribution >= 0.6 is 11.3 Å². The van der Waals surface area contributed by atoms with Gasteiger partial charge in [-0.25, -0.2) is 4.98 Å². The van der Waals surface area contributed by atoms with Gasteiger partial charge in [-0.3, -0.25) is 4.98 Å². The zero-order valence-electron chi connectivity index (χ0n) is 8.84. The Morgan fingerprint density at radius 1 is 1.12 bits per heavy atom. The molecule has 1 aromatic carbocycles. The summed E-state index contributed by atoms with van der Waals surface area (Å²) in [6, 6.07) is 10.3. The maximum absolute atomic E-state index is 4.62. The van der Waals surface area contributed by atoms with Crippen LogP contribution in [0.4, 0.5) is 0 Å². The summed E-state index contributed by atoms with van der Waals surface area (Å²) >= 11 is 1.69. The highest BCUT2D eigenvalue weighted by Gasteiger charge is 2.07. The first-order valence-corrected chi connectivity index (χ1v) is 5.93. The van der Waals surface area contributed by atoms with E-state index in [-0.39, 0.29) is 0 Å². The lowest BCUT2D eigenvalue weighted by atomic mass is 10.1. The summed E-state index contributed by atoms with van der Waals surface area (Å²) in [5, 5.41) is 1.07. The number of hydrogen-bond acceptors (Lipinski definition) is 3. The van der Waals surface area contributed by atoms with Crippen LogP contribution in [0.25, 0.3) is 20.8 Å². The number of fused-ring (bicyclic) bond motifs is 1. The first kappa shape index (κ1) is 9.48. The van der Waals surface area contributed by atoms with Crippen LogP contribution in [-0.4, -0.2) is 9.97 Å². The second kappa shape index (κ2) is 3.68. The third-order valence-corrected chi connectivity index (χ3v) is 3.61. The highest BCUT2D eigenvalue weighted by Crippen LogP contribution is 2.31. The molecule has 78 valence electrons. The number of benzene rings is 1. The molecular weight excluding hydrogens is 216 g/mol. The molecular formula is C13H10N2S. The first-order chi connectivity index (χ1) is 7.84. The molecule has 0 radical (unpaired) electrons. The Morgan fingerprint density at radius 2 is 2.00 bits per heavy atom. The molecule has 2 aromatic heterocycles. The van der Waals surface area contributed by atoms with Crippen molar-refractivity contribution in [3.05, 3.63) is 48.3 Å². The average molecular weight is 226 g/mol. The van der Waals surface area contributed by atoms with Crippen LogP contribution in [0.15, 0.2) is 42.7 Å². The molecule has 0 unspecified atom stereocenters. The fraction of sp³-hybridized carbons (Fsp3) is 0.0769. The van der Waals surface area contributed by atoms with Crippen LogP contribution in [0.2, 0.25) is 0 Å². The van der Waals surface area contributed by atoms with Gasteiger partial charge in [-0.15, -0.1) is 11.3 Å². The van der Waals surface area contributed by atoms with Gasteiger partial charge in [-0.05, 0) is 18.6 Å². The molecule has 0 aliphatic rings. The number of aryl methyl sites for hydroxylation is 1. The third-order valence-electron chi connectivity index (χ3n) is 2.57. The lowest BCUT2D eigenvalue weighted by molar-refractivity contribution is 1.35. The van der Waals surface area contributed by atoms with E-state index in [0.717, 1.165) is 15.2 Å². The molecule has 3 rings (SSSR count). The monoisotopic (exact) mass is 226 g/mol. The number of rotatable bonds is 1. The molecule has 0 N–H and O–H groups in total. The summed E-state index contributed by atoms with van der Waals surface area (Å²) in [6.07, 6.45) is 3.65. The van der Waals surface area contributed by atoms with Gasteiger partial charge in [0.2, 0.25) is 0 Å². The normalized spacial score (nSPS) is 10.8. The molecule has 16 heavy (non-hydrogen) atoms. The SMILES string of the molecule is Cc1ccccc1-c1nc2ccncc2s1. The van der Waals surface area contributed by atoms with Crippen molar-refractivity contribution < 1.29 is 0 Å². The van der Waals surface area contributed by atoms with E-state index < -0.39 is 0 Å². The Labute approximate surface area is 97.6 Å². The molecule has 2 nitrogen and oxygen atoms in total. The molecule has 0 atom stereocenters. The predicted octanol–water partition coefficient (Wildman–Crippen LogP) is 3.67. The van der Waals surface area contributed by atoms with E-state index in [1.165, 1.54) is 11.1 Å². The van der Waals surface area contributed by atoms with Gasteiger partial charge in [0.15, 0.2) is 0 Å². The second-order valence-electron chi connectivity index (χ2n) is 3.68.